The third-order valence-electron chi connectivity index (χ3n) is 2.49. The molecule has 0 spiro atoms. The molecule has 0 aromatic heterocycles. The van der Waals surface area contributed by atoms with Crippen LogP contribution >= 0.6 is 0 Å². The second-order valence-corrected chi connectivity index (χ2v) is 4.83. The minimum atomic E-state index is -0.969. The minimum absolute atomic E-state index is 0.193. The van der Waals surface area contributed by atoms with E-state index in [1.54, 1.807) is 20.8 Å². The van der Waals surface area contributed by atoms with Gasteiger partial charge in [0.15, 0.2) is 17.3 Å². The summed E-state index contributed by atoms with van der Waals surface area (Å²) < 4.78 is 0. The van der Waals surface area contributed by atoms with E-state index in [-0.39, 0.29) is 17.3 Å². The molecule has 1 rings (SSSR count). The number of hydrogen-bond acceptors (Lipinski definition) is 3. The van der Waals surface area contributed by atoms with E-state index < -0.39 is 11.3 Å². The van der Waals surface area contributed by atoms with E-state index >= 15 is 0 Å². The summed E-state index contributed by atoms with van der Waals surface area (Å²) in [6.07, 6.45) is 1.35. The summed E-state index contributed by atoms with van der Waals surface area (Å²) in [5.41, 5.74) is -0.604. The van der Waals surface area contributed by atoms with Crippen molar-refractivity contribution >= 4 is 17.3 Å². The number of hydrogen-bond donors (Lipinski definition) is 0. The predicted molar refractivity (Wildman–Crippen MR) is 51.8 cm³/mol. The Kier molecular flexibility index (Phi) is 2.88. The predicted octanol–water partition coefficient (Wildman–Crippen LogP) is 1.54. The van der Waals surface area contributed by atoms with Gasteiger partial charge in [-0.05, 0) is 6.42 Å². The first-order chi connectivity index (χ1) is 6.34. The summed E-state index contributed by atoms with van der Waals surface area (Å²) in [7, 11) is 0. The lowest BCUT2D eigenvalue weighted by molar-refractivity contribution is -0.145. The van der Waals surface area contributed by atoms with E-state index in [1.807, 2.05) is 0 Å². The Bertz CT molecular complexity index is 267. The fraction of sp³-hybridized carbons (Fsp3) is 0.727. The summed E-state index contributed by atoms with van der Waals surface area (Å²) >= 11 is 0. The van der Waals surface area contributed by atoms with Crippen molar-refractivity contribution in [3.05, 3.63) is 0 Å². The maximum Gasteiger partial charge on any atom is 0.156 e. The Morgan fingerprint density at radius 2 is 1.57 bits per heavy atom. The molecule has 1 aliphatic rings. The quantitative estimate of drug-likeness (QED) is 0.598. The van der Waals surface area contributed by atoms with Gasteiger partial charge in [0.05, 0.1) is 0 Å². The Hall–Kier alpha value is -0.990. The SMILES string of the molecule is CC(C)(C)C(=O)C1C(=O)CCCC1=O. The maximum atomic E-state index is 11.8. The van der Waals surface area contributed by atoms with Crippen LogP contribution in [0.15, 0.2) is 0 Å². The van der Waals surface area contributed by atoms with Crippen LogP contribution in [0.25, 0.3) is 0 Å². The van der Waals surface area contributed by atoms with Crippen LogP contribution in [0.2, 0.25) is 0 Å². The minimum Gasteiger partial charge on any atom is -0.298 e. The van der Waals surface area contributed by atoms with Crippen LogP contribution in [0.4, 0.5) is 0 Å². The first-order valence-corrected chi connectivity index (χ1v) is 4.94. The van der Waals surface area contributed by atoms with Crippen molar-refractivity contribution in [3.63, 3.8) is 0 Å². The number of rotatable bonds is 1. The van der Waals surface area contributed by atoms with Crippen LogP contribution in [0, 0.1) is 11.3 Å². The molecule has 0 bridgehead atoms. The molecule has 0 unspecified atom stereocenters. The average molecular weight is 196 g/mol. The van der Waals surface area contributed by atoms with Gasteiger partial charge in [0.1, 0.15) is 5.92 Å². The van der Waals surface area contributed by atoms with Crippen LogP contribution in [0.3, 0.4) is 0 Å². The summed E-state index contributed by atoms with van der Waals surface area (Å²) in [6.45, 7) is 5.22. The summed E-state index contributed by atoms with van der Waals surface area (Å²) in [5.74, 6) is -1.58. The number of carbonyl (C=O) groups is 3. The lowest BCUT2D eigenvalue weighted by Crippen LogP contribution is -2.41. The van der Waals surface area contributed by atoms with Crippen LogP contribution in [0.1, 0.15) is 40.0 Å². The summed E-state index contributed by atoms with van der Waals surface area (Å²) in [5, 5.41) is 0. The van der Waals surface area contributed by atoms with E-state index in [4.69, 9.17) is 0 Å². The van der Waals surface area contributed by atoms with Gasteiger partial charge in [-0.3, -0.25) is 14.4 Å². The van der Waals surface area contributed by atoms with Gasteiger partial charge in [-0.25, -0.2) is 0 Å². The lowest BCUT2D eigenvalue weighted by Gasteiger charge is -2.25. The second kappa shape index (κ2) is 3.64. The van der Waals surface area contributed by atoms with Crippen LogP contribution in [0.5, 0.6) is 0 Å². The molecule has 0 saturated heterocycles. The van der Waals surface area contributed by atoms with Crippen LogP contribution in [-0.2, 0) is 14.4 Å². The van der Waals surface area contributed by atoms with E-state index in [2.05, 4.69) is 0 Å². The highest BCUT2D eigenvalue weighted by atomic mass is 16.2. The summed E-state index contributed by atoms with van der Waals surface area (Å²) in [6, 6.07) is 0. The van der Waals surface area contributed by atoms with Crippen molar-refractivity contribution in [1.29, 1.82) is 0 Å². The Balaban J connectivity index is 2.89. The van der Waals surface area contributed by atoms with Gasteiger partial charge < -0.3 is 0 Å². The molecule has 0 aliphatic heterocycles. The smallest absolute Gasteiger partial charge is 0.156 e. The van der Waals surface area contributed by atoms with E-state index in [9.17, 15) is 14.4 Å². The highest BCUT2D eigenvalue weighted by molar-refractivity contribution is 6.21. The molecule has 0 amide bonds. The fourth-order valence-corrected chi connectivity index (χ4v) is 1.63. The van der Waals surface area contributed by atoms with Gasteiger partial charge in [0.25, 0.3) is 0 Å². The molecule has 0 aromatic rings. The van der Waals surface area contributed by atoms with E-state index in [0.717, 1.165) is 0 Å². The van der Waals surface area contributed by atoms with E-state index in [1.165, 1.54) is 0 Å². The molecule has 3 heteroatoms. The summed E-state index contributed by atoms with van der Waals surface area (Å²) in [4.78, 5) is 34.7. The topological polar surface area (TPSA) is 51.2 Å². The Morgan fingerprint density at radius 3 is 1.93 bits per heavy atom. The lowest BCUT2D eigenvalue weighted by atomic mass is 9.75. The molecule has 0 aromatic carbocycles. The van der Waals surface area contributed by atoms with Gasteiger partial charge in [0, 0.05) is 18.3 Å². The molecule has 0 atom stereocenters. The van der Waals surface area contributed by atoms with Crippen molar-refractivity contribution in [2.75, 3.05) is 0 Å². The zero-order valence-electron chi connectivity index (χ0n) is 8.92. The normalized spacial score (nSPS) is 19.9. The molecule has 1 saturated carbocycles. The number of Topliss-reactive ketones (excluding diaryl/α,β-unsaturated/α-hetero) is 3. The molecule has 3 nitrogen and oxygen atoms in total. The zero-order valence-corrected chi connectivity index (χ0v) is 8.92. The third kappa shape index (κ3) is 2.08. The third-order valence-corrected chi connectivity index (χ3v) is 2.49. The molecule has 1 fully saturated rings. The molecular weight excluding hydrogens is 180 g/mol. The highest BCUT2D eigenvalue weighted by Gasteiger charge is 2.40. The molecule has 0 N–H and O–H groups in total. The number of ketones is 3. The second-order valence-electron chi connectivity index (χ2n) is 4.83. The van der Waals surface area contributed by atoms with Crippen molar-refractivity contribution in [2.24, 2.45) is 11.3 Å². The molecule has 0 heterocycles. The largest absolute Gasteiger partial charge is 0.298 e. The van der Waals surface area contributed by atoms with Gasteiger partial charge in [-0.1, -0.05) is 20.8 Å². The van der Waals surface area contributed by atoms with Gasteiger partial charge >= 0.3 is 0 Å². The van der Waals surface area contributed by atoms with Crippen molar-refractivity contribution in [2.45, 2.75) is 40.0 Å². The Labute approximate surface area is 83.9 Å². The van der Waals surface area contributed by atoms with E-state index in [0.29, 0.717) is 19.3 Å². The monoisotopic (exact) mass is 196 g/mol. The van der Waals surface area contributed by atoms with Crippen molar-refractivity contribution in [3.8, 4) is 0 Å². The van der Waals surface area contributed by atoms with Gasteiger partial charge in [0.2, 0.25) is 0 Å². The Morgan fingerprint density at radius 1 is 1.14 bits per heavy atom. The van der Waals surface area contributed by atoms with Gasteiger partial charge in [-0.15, -0.1) is 0 Å². The molecule has 14 heavy (non-hydrogen) atoms. The van der Waals surface area contributed by atoms with Crippen molar-refractivity contribution < 1.29 is 14.4 Å². The number of carbonyl (C=O) groups excluding carboxylic acids is 3. The standard InChI is InChI=1S/C11H16O3/c1-11(2,3)10(14)9-7(12)5-4-6-8(9)13/h9H,4-6H2,1-3H3. The molecule has 78 valence electrons. The maximum absolute atomic E-state index is 11.8. The molecular formula is C11H16O3. The average Bonchev–Trinajstić information content (AvgIpc) is 2.01. The van der Waals surface area contributed by atoms with Crippen LogP contribution < -0.4 is 0 Å². The van der Waals surface area contributed by atoms with Gasteiger partial charge in [-0.2, -0.15) is 0 Å². The fourth-order valence-electron chi connectivity index (χ4n) is 1.63. The highest BCUT2D eigenvalue weighted by Crippen LogP contribution is 2.26. The molecule has 0 radical (unpaired) electrons. The molecule has 1 aliphatic carbocycles. The van der Waals surface area contributed by atoms with Crippen LogP contribution in [-0.4, -0.2) is 17.3 Å². The first-order valence-electron chi connectivity index (χ1n) is 4.94. The zero-order chi connectivity index (χ0) is 10.9. The first kappa shape index (κ1) is 11.1. The van der Waals surface area contributed by atoms with Crippen molar-refractivity contribution in [1.82, 2.24) is 0 Å².